The third kappa shape index (κ3) is 2.91. The second-order valence-electron chi connectivity index (χ2n) is 3.94. The largest absolute Gasteiger partial charge is 0.314 e. The van der Waals surface area contributed by atoms with E-state index in [0.717, 1.165) is 11.1 Å². The van der Waals surface area contributed by atoms with E-state index in [1.54, 1.807) is 20.8 Å². The number of amides is 1. The molecule has 0 radical (unpaired) electrons. The van der Waals surface area contributed by atoms with E-state index in [0.29, 0.717) is 0 Å². The van der Waals surface area contributed by atoms with Crippen LogP contribution in [0, 0.1) is 24.0 Å². The fourth-order valence-electron chi connectivity index (χ4n) is 1.40. The van der Waals surface area contributed by atoms with E-state index < -0.39 is 16.6 Å². The van der Waals surface area contributed by atoms with Crippen LogP contribution in [0.2, 0.25) is 0 Å². The number of carbonyl (C=O) groups is 2. The van der Waals surface area contributed by atoms with Gasteiger partial charge in [-0.25, -0.2) is 0 Å². The standard InChI is InChI=1S/C12H14N2O4/c1-4-11(15)12(16)13-9-5-7(2)8(3)6-10(9)14(17)18/h5-6H,4H2,1-3H3,(H,13,16). The normalized spacial score (nSPS) is 9.94. The quantitative estimate of drug-likeness (QED) is 0.503. The van der Waals surface area contributed by atoms with Crippen LogP contribution in [0.1, 0.15) is 24.5 Å². The fourth-order valence-corrected chi connectivity index (χ4v) is 1.40. The van der Waals surface area contributed by atoms with Gasteiger partial charge in [0.2, 0.25) is 5.78 Å². The van der Waals surface area contributed by atoms with Gasteiger partial charge in [-0.2, -0.15) is 0 Å². The third-order valence-corrected chi connectivity index (χ3v) is 2.63. The number of carbonyl (C=O) groups excluding carboxylic acids is 2. The number of nitro benzene ring substituents is 1. The molecule has 0 fully saturated rings. The molecule has 1 amide bonds. The molecule has 1 rings (SSSR count). The van der Waals surface area contributed by atoms with Crippen LogP contribution < -0.4 is 5.32 Å². The van der Waals surface area contributed by atoms with Crippen molar-refractivity contribution in [2.75, 3.05) is 5.32 Å². The van der Waals surface area contributed by atoms with Crippen LogP contribution in [0.4, 0.5) is 11.4 Å². The third-order valence-electron chi connectivity index (χ3n) is 2.63. The molecule has 0 aliphatic rings. The van der Waals surface area contributed by atoms with Crippen molar-refractivity contribution in [2.24, 2.45) is 0 Å². The van der Waals surface area contributed by atoms with E-state index in [1.807, 2.05) is 0 Å². The summed E-state index contributed by atoms with van der Waals surface area (Å²) in [5.74, 6) is -1.44. The molecule has 6 nitrogen and oxygen atoms in total. The lowest BCUT2D eigenvalue weighted by Gasteiger charge is -2.07. The van der Waals surface area contributed by atoms with Crippen LogP contribution in [0.3, 0.4) is 0 Å². The van der Waals surface area contributed by atoms with Crippen LogP contribution in [-0.4, -0.2) is 16.6 Å². The Hall–Kier alpha value is -2.24. The number of Topliss-reactive ketones (excluding diaryl/α,β-unsaturated/α-hetero) is 1. The molecule has 1 aromatic rings. The maximum absolute atomic E-state index is 11.4. The molecular weight excluding hydrogens is 236 g/mol. The molecular formula is C12H14N2O4. The van der Waals surface area contributed by atoms with Gasteiger partial charge in [-0.15, -0.1) is 0 Å². The van der Waals surface area contributed by atoms with Crippen molar-refractivity contribution in [3.63, 3.8) is 0 Å². The van der Waals surface area contributed by atoms with Crippen molar-refractivity contribution in [2.45, 2.75) is 27.2 Å². The highest BCUT2D eigenvalue weighted by Crippen LogP contribution is 2.27. The number of anilines is 1. The van der Waals surface area contributed by atoms with Crippen molar-refractivity contribution in [3.8, 4) is 0 Å². The van der Waals surface area contributed by atoms with Crippen molar-refractivity contribution < 1.29 is 14.5 Å². The Labute approximate surface area is 104 Å². The summed E-state index contributed by atoms with van der Waals surface area (Å²) in [7, 11) is 0. The van der Waals surface area contributed by atoms with E-state index in [9.17, 15) is 19.7 Å². The van der Waals surface area contributed by atoms with Gasteiger partial charge in [-0.05, 0) is 31.0 Å². The summed E-state index contributed by atoms with van der Waals surface area (Å²) in [6.07, 6.45) is 0.0600. The monoisotopic (exact) mass is 250 g/mol. The minimum atomic E-state index is -0.830. The van der Waals surface area contributed by atoms with Gasteiger partial charge in [-0.3, -0.25) is 19.7 Å². The molecule has 0 aliphatic carbocycles. The SMILES string of the molecule is CCC(=O)C(=O)Nc1cc(C)c(C)cc1[N+](=O)[O-]. The predicted molar refractivity (Wildman–Crippen MR) is 66.5 cm³/mol. The zero-order valence-electron chi connectivity index (χ0n) is 10.4. The van der Waals surface area contributed by atoms with E-state index in [2.05, 4.69) is 5.32 Å². The van der Waals surface area contributed by atoms with Crippen LogP contribution in [0.5, 0.6) is 0 Å². The highest BCUT2D eigenvalue weighted by molar-refractivity contribution is 6.40. The minimum absolute atomic E-state index is 0.0508. The summed E-state index contributed by atoms with van der Waals surface area (Å²) in [6.45, 7) is 5.07. The van der Waals surface area contributed by atoms with Crippen LogP contribution in [-0.2, 0) is 9.59 Å². The Morgan fingerprint density at radius 1 is 1.28 bits per heavy atom. The van der Waals surface area contributed by atoms with Gasteiger partial charge in [0.1, 0.15) is 5.69 Å². The molecule has 0 aliphatic heterocycles. The van der Waals surface area contributed by atoms with Gasteiger partial charge in [0, 0.05) is 12.5 Å². The first-order valence-corrected chi connectivity index (χ1v) is 5.46. The fraction of sp³-hybridized carbons (Fsp3) is 0.333. The average Bonchev–Trinajstić information content (AvgIpc) is 2.31. The maximum atomic E-state index is 11.4. The average molecular weight is 250 g/mol. The Bertz CT molecular complexity index is 523. The zero-order valence-corrected chi connectivity index (χ0v) is 10.4. The molecule has 0 saturated carbocycles. The van der Waals surface area contributed by atoms with E-state index in [4.69, 9.17) is 0 Å². The smallest absolute Gasteiger partial charge is 0.293 e. The molecule has 0 saturated heterocycles. The Balaban J connectivity index is 3.15. The number of hydrogen-bond acceptors (Lipinski definition) is 4. The van der Waals surface area contributed by atoms with Gasteiger partial charge < -0.3 is 5.32 Å². The number of rotatable bonds is 4. The first kappa shape index (κ1) is 13.8. The predicted octanol–water partition coefficient (Wildman–Crippen LogP) is 2.13. The highest BCUT2D eigenvalue weighted by atomic mass is 16.6. The van der Waals surface area contributed by atoms with E-state index in [1.165, 1.54) is 12.1 Å². The molecule has 0 heterocycles. The van der Waals surface area contributed by atoms with Crippen LogP contribution in [0.25, 0.3) is 0 Å². The van der Waals surface area contributed by atoms with Crippen molar-refractivity contribution in [1.82, 2.24) is 0 Å². The van der Waals surface area contributed by atoms with E-state index in [-0.39, 0.29) is 17.8 Å². The van der Waals surface area contributed by atoms with Gasteiger partial charge in [0.25, 0.3) is 11.6 Å². The molecule has 0 atom stereocenters. The molecule has 1 N–H and O–H groups in total. The number of nitrogens with zero attached hydrogens (tertiary/aromatic N) is 1. The summed E-state index contributed by atoms with van der Waals surface area (Å²) < 4.78 is 0. The number of benzene rings is 1. The molecule has 0 unspecified atom stereocenters. The van der Waals surface area contributed by atoms with Crippen LogP contribution in [0.15, 0.2) is 12.1 Å². The topological polar surface area (TPSA) is 89.3 Å². The molecule has 0 spiro atoms. The lowest BCUT2D eigenvalue weighted by atomic mass is 10.1. The number of nitro groups is 1. The highest BCUT2D eigenvalue weighted by Gasteiger charge is 2.19. The molecule has 6 heteroatoms. The van der Waals surface area contributed by atoms with Gasteiger partial charge in [0.15, 0.2) is 0 Å². The minimum Gasteiger partial charge on any atom is -0.314 e. The Morgan fingerprint density at radius 2 is 1.83 bits per heavy atom. The first-order valence-electron chi connectivity index (χ1n) is 5.46. The summed E-state index contributed by atoms with van der Waals surface area (Å²) in [4.78, 5) is 32.9. The maximum Gasteiger partial charge on any atom is 0.293 e. The Kier molecular flexibility index (Phi) is 4.14. The molecule has 0 bridgehead atoms. The second kappa shape index (κ2) is 5.39. The van der Waals surface area contributed by atoms with Gasteiger partial charge in [-0.1, -0.05) is 6.92 Å². The van der Waals surface area contributed by atoms with Gasteiger partial charge in [0.05, 0.1) is 4.92 Å². The summed E-state index contributed by atoms with van der Waals surface area (Å²) in [5, 5.41) is 13.2. The summed E-state index contributed by atoms with van der Waals surface area (Å²) in [5.41, 5.74) is 1.40. The zero-order chi connectivity index (χ0) is 13.9. The van der Waals surface area contributed by atoms with E-state index >= 15 is 0 Å². The van der Waals surface area contributed by atoms with Crippen molar-refractivity contribution in [1.29, 1.82) is 0 Å². The van der Waals surface area contributed by atoms with Crippen molar-refractivity contribution >= 4 is 23.1 Å². The first-order chi connectivity index (χ1) is 8.36. The second-order valence-corrected chi connectivity index (χ2v) is 3.94. The molecule has 18 heavy (non-hydrogen) atoms. The summed E-state index contributed by atoms with van der Waals surface area (Å²) in [6, 6.07) is 2.87. The van der Waals surface area contributed by atoms with Crippen molar-refractivity contribution in [3.05, 3.63) is 33.4 Å². The number of hydrogen-bond donors (Lipinski definition) is 1. The van der Waals surface area contributed by atoms with Crippen LogP contribution >= 0.6 is 0 Å². The summed E-state index contributed by atoms with van der Waals surface area (Å²) >= 11 is 0. The molecule has 0 aromatic heterocycles. The Morgan fingerprint density at radius 3 is 2.33 bits per heavy atom. The number of nitrogens with one attached hydrogen (secondary N) is 1. The lowest BCUT2D eigenvalue weighted by Crippen LogP contribution is -2.22. The lowest BCUT2D eigenvalue weighted by molar-refractivity contribution is -0.384. The molecule has 1 aromatic carbocycles. The molecule has 96 valence electrons. The number of ketones is 1. The van der Waals surface area contributed by atoms with Gasteiger partial charge >= 0.3 is 0 Å². The number of aryl methyl sites for hydroxylation is 2.